The maximum Gasteiger partial charge on any atom is 0.356 e. The fraction of sp³-hybridized carbons (Fsp3) is 0. The Hall–Kier alpha value is -2.66. The normalized spacial score (nSPS) is 10.5. The van der Waals surface area contributed by atoms with Gasteiger partial charge in [-0.25, -0.2) is 14.8 Å². The number of carbonyl (C=O) groups is 1. The molecule has 6 heteroatoms. The second kappa shape index (κ2) is 5.38. The van der Waals surface area contributed by atoms with E-state index in [1.807, 2.05) is 24.3 Å². The quantitative estimate of drug-likeness (QED) is 0.797. The van der Waals surface area contributed by atoms with E-state index in [4.69, 9.17) is 21.4 Å². The van der Waals surface area contributed by atoms with Crippen LogP contribution in [0.3, 0.4) is 0 Å². The molecule has 0 unspecified atom stereocenters. The fourth-order valence-corrected chi connectivity index (χ4v) is 2.14. The van der Waals surface area contributed by atoms with Gasteiger partial charge in [0.2, 0.25) is 5.88 Å². The molecule has 1 aromatic heterocycles. The van der Waals surface area contributed by atoms with Crippen molar-refractivity contribution in [2.45, 2.75) is 0 Å². The van der Waals surface area contributed by atoms with Crippen molar-refractivity contribution in [1.82, 2.24) is 9.97 Å². The lowest BCUT2D eigenvalue weighted by Crippen LogP contribution is -2.01. The first-order valence-electron chi connectivity index (χ1n) is 6.05. The van der Waals surface area contributed by atoms with Crippen molar-refractivity contribution in [1.29, 1.82) is 0 Å². The molecule has 0 radical (unpaired) electrons. The maximum absolute atomic E-state index is 10.7. The van der Waals surface area contributed by atoms with Crippen molar-refractivity contribution in [3.05, 3.63) is 59.5 Å². The molecule has 0 spiro atoms. The van der Waals surface area contributed by atoms with Crippen LogP contribution in [0, 0.1) is 0 Å². The summed E-state index contributed by atoms with van der Waals surface area (Å²) < 4.78 is 5.66. The molecule has 0 bridgehead atoms. The van der Waals surface area contributed by atoms with Crippen LogP contribution in [0.4, 0.5) is 0 Å². The number of nitrogens with zero attached hydrogens (tertiary/aromatic N) is 2. The van der Waals surface area contributed by atoms with E-state index in [1.165, 1.54) is 6.20 Å². The highest BCUT2D eigenvalue weighted by molar-refractivity contribution is 6.35. The number of hydrogen-bond donors (Lipinski definition) is 1. The summed E-state index contributed by atoms with van der Waals surface area (Å²) in [5.41, 5.74) is -0.136. The van der Waals surface area contributed by atoms with E-state index in [2.05, 4.69) is 9.97 Å². The molecule has 0 amide bonds. The summed E-state index contributed by atoms with van der Waals surface area (Å²) in [6.45, 7) is 0. The molecule has 5 nitrogen and oxygen atoms in total. The van der Waals surface area contributed by atoms with Crippen LogP contribution < -0.4 is 4.74 Å². The monoisotopic (exact) mass is 300 g/mol. The van der Waals surface area contributed by atoms with Gasteiger partial charge in [0.1, 0.15) is 5.75 Å². The van der Waals surface area contributed by atoms with Crippen molar-refractivity contribution in [3.63, 3.8) is 0 Å². The Morgan fingerprint density at radius 3 is 2.48 bits per heavy atom. The van der Waals surface area contributed by atoms with E-state index < -0.39 is 5.97 Å². The van der Waals surface area contributed by atoms with Crippen LogP contribution in [-0.4, -0.2) is 21.0 Å². The molecule has 0 fully saturated rings. The molecule has 21 heavy (non-hydrogen) atoms. The number of rotatable bonds is 3. The predicted molar refractivity (Wildman–Crippen MR) is 78.0 cm³/mol. The van der Waals surface area contributed by atoms with Gasteiger partial charge < -0.3 is 9.84 Å². The molecular formula is C15H9ClN2O3. The number of halogens is 1. The average Bonchev–Trinajstić information content (AvgIpc) is 2.51. The van der Waals surface area contributed by atoms with Gasteiger partial charge in [-0.2, -0.15) is 0 Å². The molecule has 3 aromatic rings. The summed E-state index contributed by atoms with van der Waals surface area (Å²) in [4.78, 5) is 18.4. The molecule has 0 saturated carbocycles. The van der Waals surface area contributed by atoms with Crippen LogP contribution in [0.5, 0.6) is 11.6 Å². The maximum atomic E-state index is 10.7. The van der Waals surface area contributed by atoms with E-state index in [1.54, 1.807) is 12.1 Å². The molecule has 3 rings (SSSR count). The van der Waals surface area contributed by atoms with Gasteiger partial charge in [0.25, 0.3) is 0 Å². The molecule has 0 aliphatic heterocycles. The van der Waals surface area contributed by atoms with Crippen molar-refractivity contribution in [2.75, 3.05) is 0 Å². The van der Waals surface area contributed by atoms with Crippen LogP contribution in [0.2, 0.25) is 5.02 Å². The van der Waals surface area contributed by atoms with Gasteiger partial charge in [-0.15, -0.1) is 0 Å². The zero-order chi connectivity index (χ0) is 14.8. The summed E-state index contributed by atoms with van der Waals surface area (Å²) in [6.07, 6.45) is 2.42. The van der Waals surface area contributed by atoms with Crippen LogP contribution in [0.1, 0.15) is 10.5 Å². The minimum atomic E-state index is -1.13. The van der Waals surface area contributed by atoms with Gasteiger partial charge in [0.15, 0.2) is 5.69 Å². The Kier molecular flexibility index (Phi) is 3.41. The number of carboxylic acids is 1. The standard InChI is InChI=1S/C15H9ClN2O3/c16-11-5-6-13(10-4-2-1-3-9(10)11)21-14-8-17-12(7-18-14)15(19)20/h1-8H,(H,19,20). The van der Waals surface area contributed by atoms with E-state index >= 15 is 0 Å². The van der Waals surface area contributed by atoms with Gasteiger partial charge in [0.05, 0.1) is 12.4 Å². The summed E-state index contributed by atoms with van der Waals surface area (Å²) >= 11 is 6.14. The van der Waals surface area contributed by atoms with E-state index in [-0.39, 0.29) is 11.6 Å². The lowest BCUT2D eigenvalue weighted by Gasteiger charge is -2.09. The molecule has 0 aliphatic carbocycles. The lowest BCUT2D eigenvalue weighted by atomic mass is 10.1. The van der Waals surface area contributed by atoms with Gasteiger partial charge in [0, 0.05) is 15.8 Å². The number of ether oxygens (including phenoxy) is 1. The minimum Gasteiger partial charge on any atom is -0.476 e. The van der Waals surface area contributed by atoms with Crippen molar-refractivity contribution in [2.24, 2.45) is 0 Å². The highest BCUT2D eigenvalue weighted by Gasteiger charge is 2.09. The molecule has 1 heterocycles. The highest BCUT2D eigenvalue weighted by Crippen LogP contribution is 2.33. The lowest BCUT2D eigenvalue weighted by molar-refractivity contribution is 0.0690. The number of fused-ring (bicyclic) bond motifs is 1. The summed E-state index contributed by atoms with van der Waals surface area (Å²) in [6, 6.07) is 11.0. The SMILES string of the molecule is O=C(O)c1cnc(Oc2ccc(Cl)c3ccccc23)cn1. The van der Waals surface area contributed by atoms with Crippen LogP contribution in [0.15, 0.2) is 48.8 Å². The van der Waals surface area contributed by atoms with Crippen molar-refractivity contribution in [3.8, 4) is 11.6 Å². The third-order valence-corrected chi connectivity index (χ3v) is 3.22. The zero-order valence-electron chi connectivity index (χ0n) is 10.7. The topological polar surface area (TPSA) is 72.3 Å². The van der Waals surface area contributed by atoms with Crippen LogP contribution in [-0.2, 0) is 0 Å². The Bertz CT molecular complexity index is 819. The average molecular weight is 301 g/mol. The largest absolute Gasteiger partial charge is 0.476 e. The van der Waals surface area contributed by atoms with Crippen molar-refractivity contribution < 1.29 is 14.6 Å². The third kappa shape index (κ3) is 2.64. The van der Waals surface area contributed by atoms with Gasteiger partial charge in [-0.1, -0.05) is 35.9 Å². The van der Waals surface area contributed by atoms with E-state index in [9.17, 15) is 4.79 Å². The number of carboxylic acid groups (broad SMARTS) is 1. The Morgan fingerprint density at radius 1 is 1.05 bits per heavy atom. The van der Waals surface area contributed by atoms with Gasteiger partial charge in [-0.3, -0.25) is 0 Å². The Balaban J connectivity index is 1.98. The number of hydrogen-bond acceptors (Lipinski definition) is 4. The Labute approximate surface area is 124 Å². The third-order valence-electron chi connectivity index (χ3n) is 2.89. The summed E-state index contributed by atoms with van der Waals surface area (Å²) in [5, 5.41) is 11.1. The first-order valence-corrected chi connectivity index (χ1v) is 6.43. The molecule has 2 aromatic carbocycles. The van der Waals surface area contributed by atoms with Gasteiger partial charge >= 0.3 is 5.97 Å². The zero-order valence-corrected chi connectivity index (χ0v) is 11.4. The van der Waals surface area contributed by atoms with Crippen LogP contribution in [0.25, 0.3) is 10.8 Å². The fourth-order valence-electron chi connectivity index (χ4n) is 1.92. The molecule has 0 atom stereocenters. The highest BCUT2D eigenvalue weighted by atomic mass is 35.5. The summed E-state index contributed by atoms with van der Waals surface area (Å²) in [7, 11) is 0. The first kappa shape index (κ1) is 13.3. The second-order valence-corrected chi connectivity index (χ2v) is 4.65. The Morgan fingerprint density at radius 2 is 1.81 bits per heavy atom. The molecule has 0 saturated heterocycles. The first-order chi connectivity index (χ1) is 10.1. The molecular weight excluding hydrogens is 292 g/mol. The van der Waals surface area contributed by atoms with E-state index in [0.29, 0.717) is 10.8 Å². The molecule has 0 aliphatic rings. The van der Waals surface area contributed by atoms with Crippen LogP contribution >= 0.6 is 11.6 Å². The van der Waals surface area contributed by atoms with Gasteiger partial charge in [-0.05, 0) is 12.1 Å². The van der Waals surface area contributed by atoms with E-state index in [0.717, 1.165) is 17.0 Å². The molecule has 1 N–H and O–H groups in total. The smallest absolute Gasteiger partial charge is 0.356 e. The summed E-state index contributed by atoms with van der Waals surface area (Å²) in [5.74, 6) is -0.342. The number of aromatic nitrogens is 2. The predicted octanol–water partition coefficient (Wildman–Crippen LogP) is 3.77. The molecule has 104 valence electrons. The minimum absolute atomic E-state index is 0.136. The second-order valence-electron chi connectivity index (χ2n) is 4.24. The van der Waals surface area contributed by atoms with Crippen molar-refractivity contribution >= 4 is 28.3 Å². The number of aromatic carboxylic acids is 1. The number of benzene rings is 2.